The van der Waals surface area contributed by atoms with Crippen LogP contribution in [0.3, 0.4) is 0 Å². The van der Waals surface area contributed by atoms with Crippen LogP contribution in [0, 0.1) is 6.92 Å². The third kappa shape index (κ3) is 3.80. The zero-order valence-corrected chi connectivity index (χ0v) is 14.4. The normalized spacial score (nSPS) is 19.3. The number of aromatic nitrogens is 2. The van der Waals surface area contributed by atoms with Gasteiger partial charge in [-0.3, -0.25) is 9.97 Å². The molecule has 7 heteroatoms. The van der Waals surface area contributed by atoms with Gasteiger partial charge in [-0.05, 0) is 31.9 Å². The average Bonchev–Trinajstić information content (AvgIpc) is 2.61. The van der Waals surface area contributed by atoms with Crippen LogP contribution in [0.15, 0.2) is 47.8 Å². The fraction of sp³-hybridized carbons (Fsp3) is 0.412. The van der Waals surface area contributed by atoms with E-state index in [2.05, 4.69) is 9.97 Å². The molecule has 1 aromatic heterocycles. The van der Waals surface area contributed by atoms with Gasteiger partial charge in [-0.25, -0.2) is 8.42 Å². The lowest BCUT2D eigenvalue weighted by Crippen LogP contribution is -2.48. The first kappa shape index (κ1) is 17.0. The lowest BCUT2D eigenvalue weighted by atomic mass is 10.1. The molecule has 1 atom stereocenters. The molecule has 0 unspecified atom stereocenters. The number of hydrogen-bond donors (Lipinski definition) is 0. The summed E-state index contributed by atoms with van der Waals surface area (Å²) in [5.41, 5.74) is 1.89. The molecule has 1 saturated heterocycles. The summed E-state index contributed by atoms with van der Waals surface area (Å²) in [6.45, 7) is 3.15. The SMILES string of the molecule is Cc1ccc(S(=O)(=O)N2CCOC[C@@H]2CCc2cnccn2)cc1. The standard InChI is InChI=1S/C17H21N3O3S/c1-14-2-6-17(7-3-14)24(21,22)20-10-11-23-13-16(20)5-4-15-12-18-8-9-19-15/h2-3,6-9,12,16H,4-5,10-11,13H2,1H3/t16-/m0/s1. The van der Waals surface area contributed by atoms with Gasteiger partial charge in [0.05, 0.1) is 23.8 Å². The van der Waals surface area contributed by atoms with Gasteiger partial charge >= 0.3 is 0 Å². The van der Waals surface area contributed by atoms with Crippen LogP contribution in [0.5, 0.6) is 0 Å². The molecule has 1 aliphatic rings. The van der Waals surface area contributed by atoms with Crippen molar-refractivity contribution in [2.45, 2.75) is 30.7 Å². The molecule has 0 radical (unpaired) electrons. The number of nitrogens with zero attached hydrogens (tertiary/aromatic N) is 3. The van der Waals surface area contributed by atoms with Crippen LogP contribution in [0.4, 0.5) is 0 Å². The molecule has 24 heavy (non-hydrogen) atoms. The first-order valence-electron chi connectivity index (χ1n) is 7.98. The zero-order valence-electron chi connectivity index (χ0n) is 13.6. The van der Waals surface area contributed by atoms with Gasteiger partial charge in [-0.15, -0.1) is 0 Å². The third-order valence-corrected chi connectivity index (χ3v) is 6.12. The Labute approximate surface area is 142 Å². The van der Waals surface area contributed by atoms with E-state index in [9.17, 15) is 8.42 Å². The number of benzene rings is 1. The molecule has 1 aliphatic heterocycles. The molecule has 2 aromatic rings. The number of aryl methyl sites for hydroxylation is 2. The molecule has 0 amide bonds. The van der Waals surface area contributed by atoms with Gasteiger partial charge in [0.1, 0.15) is 0 Å². The second-order valence-corrected chi connectivity index (χ2v) is 7.78. The monoisotopic (exact) mass is 347 g/mol. The van der Waals surface area contributed by atoms with Crippen LogP contribution >= 0.6 is 0 Å². The van der Waals surface area contributed by atoms with Crippen molar-refractivity contribution in [2.24, 2.45) is 0 Å². The van der Waals surface area contributed by atoms with Crippen LogP contribution < -0.4 is 0 Å². The minimum atomic E-state index is -3.52. The summed E-state index contributed by atoms with van der Waals surface area (Å²) in [6.07, 6.45) is 6.31. The van der Waals surface area contributed by atoms with Crippen molar-refractivity contribution in [3.8, 4) is 0 Å². The molecule has 2 heterocycles. The highest BCUT2D eigenvalue weighted by molar-refractivity contribution is 7.89. The molecule has 3 rings (SSSR count). The summed E-state index contributed by atoms with van der Waals surface area (Å²) in [5.74, 6) is 0. The average molecular weight is 347 g/mol. The summed E-state index contributed by atoms with van der Waals surface area (Å²) < 4.78 is 33.0. The van der Waals surface area contributed by atoms with E-state index >= 15 is 0 Å². The van der Waals surface area contributed by atoms with Gasteiger partial charge in [0.15, 0.2) is 0 Å². The molecule has 6 nitrogen and oxygen atoms in total. The minimum Gasteiger partial charge on any atom is -0.378 e. The largest absolute Gasteiger partial charge is 0.378 e. The molecule has 0 bridgehead atoms. The number of rotatable bonds is 5. The first-order chi connectivity index (χ1) is 11.6. The van der Waals surface area contributed by atoms with Crippen molar-refractivity contribution in [1.82, 2.24) is 14.3 Å². The molecule has 0 saturated carbocycles. The van der Waals surface area contributed by atoms with Gasteiger partial charge < -0.3 is 4.74 Å². The van der Waals surface area contributed by atoms with Crippen LogP contribution in [0.2, 0.25) is 0 Å². The maximum atomic E-state index is 13.0. The van der Waals surface area contributed by atoms with E-state index < -0.39 is 10.0 Å². The quantitative estimate of drug-likeness (QED) is 0.825. The number of ether oxygens (including phenoxy) is 1. The minimum absolute atomic E-state index is 0.188. The van der Waals surface area contributed by atoms with Crippen LogP contribution in [-0.4, -0.2) is 48.5 Å². The molecule has 0 spiro atoms. The van der Waals surface area contributed by atoms with Crippen molar-refractivity contribution in [3.05, 3.63) is 54.1 Å². The van der Waals surface area contributed by atoms with E-state index in [-0.39, 0.29) is 6.04 Å². The van der Waals surface area contributed by atoms with E-state index in [1.54, 1.807) is 35.0 Å². The van der Waals surface area contributed by atoms with Crippen LogP contribution in [-0.2, 0) is 21.2 Å². The first-order valence-corrected chi connectivity index (χ1v) is 9.42. The highest BCUT2D eigenvalue weighted by Crippen LogP contribution is 2.23. The fourth-order valence-electron chi connectivity index (χ4n) is 2.80. The van der Waals surface area contributed by atoms with Crippen molar-refractivity contribution in [3.63, 3.8) is 0 Å². The van der Waals surface area contributed by atoms with E-state index in [1.807, 2.05) is 19.1 Å². The molecule has 0 N–H and O–H groups in total. The molecule has 0 aliphatic carbocycles. The Balaban J connectivity index is 1.77. The Morgan fingerprint density at radius 3 is 2.75 bits per heavy atom. The van der Waals surface area contributed by atoms with Crippen molar-refractivity contribution in [2.75, 3.05) is 19.8 Å². The fourth-order valence-corrected chi connectivity index (χ4v) is 4.43. The predicted octanol–water partition coefficient (Wildman–Crippen LogP) is 1.81. The molecule has 128 valence electrons. The summed E-state index contributed by atoms with van der Waals surface area (Å²) in [7, 11) is -3.52. The summed E-state index contributed by atoms with van der Waals surface area (Å²) >= 11 is 0. The van der Waals surface area contributed by atoms with Crippen LogP contribution in [0.1, 0.15) is 17.7 Å². The maximum absolute atomic E-state index is 13.0. The molecular weight excluding hydrogens is 326 g/mol. The van der Waals surface area contributed by atoms with Gasteiger partial charge in [0.2, 0.25) is 10.0 Å². The Morgan fingerprint density at radius 2 is 2.04 bits per heavy atom. The van der Waals surface area contributed by atoms with Gasteiger partial charge in [-0.1, -0.05) is 17.7 Å². The van der Waals surface area contributed by atoms with E-state index in [0.717, 1.165) is 11.3 Å². The van der Waals surface area contributed by atoms with Gasteiger partial charge in [-0.2, -0.15) is 4.31 Å². The number of sulfonamides is 1. The molecule has 1 aromatic carbocycles. The van der Waals surface area contributed by atoms with E-state index in [1.165, 1.54) is 0 Å². The summed E-state index contributed by atoms with van der Waals surface area (Å²) in [4.78, 5) is 8.63. The number of morpholine rings is 1. The van der Waals surface area contributed by atoms with Crippen molar-refractivity contribution < 1.29 is 13.2 Å². The Kier molecular flexibility index (Phi) is 5.23. The van der Waals surface area contributed by atoms with E-state index in [4.69, 9.17) is 4.74 Å². The third-order valence-electron chi connectivity index (χ3n) is 4.15. The highest BCUT2D eigenvalue weighted by atomic mass is 32.2. The van der Waals surface area contributed by atoms with Crippen molar-refractivity contribution >= 4 is 10.0 Å². The second kappa shape index (κ2) is 7.38. The number of hydrogen-bond acceptors (Lipinski definition) is 5. The Hall–Kier alpha value is -1.83. The molecular formula is C17H21N3O3S. The van der Waals surface area contributed by atoms with Gasteiger partial charge in [0.25, 0.3) is 0 Å². The Bertz CT molecular complexity index is 763. The second-order valence-electron chi connectivity index (χ2n) is 5.89. The summed E-state index contributed by atoms with van der Waals surface area (Å²) in [6, 6.07) is 6.79. The van der Waals surface area contributed by atoms with E-state index in [0.29, 0.717) is 37.5 Å². The van der Waals surface area contributed by atoms with Crippen molar-refractivity contribution in [1.29, 1.82) is 0 Å². The maximum Gasteiger partial charge on any atom is 0.243 e. The topological polar surface area (TPSA) is 72.4 Å². The smallest absolute Gasteiger partial charge is 0.243 e. The zero-order chi connectivity index (χ0) is 17.0. The molecule has 1 fully saturated rings. The van der Waals surface area contributed by atoms with Crippen LogP contribution in [0.25, 0.3) is 0 Å². The Morgan fingerprint density at radius 1 is 1.25 bits per heavy atom. The summed E-state index contributed by atoms with van der Waals surface area (Å²) in [5, 5.41) is 0. The lowest BCUT2D eigenvalue weighted by Gasteiger charge is -2.34. The van der Waals surface area contributed by atoms with Gasteiger partial charge in [0, 0.05) is 31.2 Å². The predicted molar refractivity (Wildman–Crippen MR) is 90.0 cm³/mol. The lowest BCUT2D eigenvalue weighted by molar-refractivity contribution is 0.0297. The highest BCUT2D eigenvalue weighted by Gasteiger charge is 2.33.